The Morgan fingerprint density at radius 3 is 2.59 bits per heavy atom. The minimum Gasteiger partial charge on any atom is -0.465 e. The average Bonchev–Trinajstić information content (AvgIpc) is 3.40. The van der Waals surface area contributed by atoms with Gasteiger partial charge in [-0.15, -0.1) is 0 Å². The van der Waals surface area contributed by atoms with Crippen LogP contribution < -0.4 is 0 Å². The lowest BCUT2D eigenvalue weighted by atomic mass is 9.88. The highest BCUT2D eigenvalue weighted by atomic mass is 32.2. The summed E-state index contributed by atoms with van der Waals surface area (Å²) in [6, 6.07) is 2.30. The molecule has 9 nitrogen and oxygen atoms in total. The third-order valence-corrected chi connectivity index (χ3v) is 10.7. The number of rotatable bonds is 5. The van der Waals surface area contributed by atoms with Crippen molar-refractivity contribution in [2.24, 2.45) is 5.92 Å². The molecule has 5 atom stereocenters. The molecule has 4 aliphatic rings. The fourth-order valence-electron chi connectivity index (χ4n) is 6.77. The lowest BCUT2D eigenvalue weighted by Crippen LogP contribution is -2.58. The van der Waals surface area contributed by atoms with Crippen molar-refractivity contribution in [2.45, 2.75) is 81.3 Å². The summed E-state index contributed by atoms with van der Waals surface area (Å²) in [6.45, 7) is 7.00. The van der Waals surface area contributed by atoms with Gasteiger partial charge in [0.2, 0.25) is 0 Å². The lowest BCUT2D eigenvalue weighted by molar-refractivity contribution is -0.0991. The second-order valence-corrected chi connectivity index (χ2v) is 14.4. The van der Waals surface area contributed by atoms with Gasteiger partial charge in [0.15, 0.2) is 0 Å². The van der Waals surface area contributed by atoms with Gasteiger partial charge in [-0.2, -0.15) is 9.19 Å². The molecule has 2 aliphatic carbocycles. The number of ether oxygens (including phenoxy) is 1. The van der Waals surface area contributed by atoms with Crippen LogP contribution in [0.3, 0.4) is 0 Å². The summed E-state index contributed by atoms with van der Waals surface area (Å²) in [5, 5.41) is 14.3. The second-order valence-electron chi connectivity index (χ2n) is 12.4. The van der Waals surface area contributed by atoms with Crippen molar-refractivity contribution in [3.05, 3.63) is 52.9 Å². The predicted molar refractivity (Wildman–Crippen MR) is 138 cm³/mol. The molecule has 0 spiro atoms. The molecule has 39 heavy (non-hydrogen) atoms. The first-order valence-electron chi connectivity index (χ1n) is 13.5. The van der Waals surface area contributed by atoms with E-state index in [1.807, 2.05) is 0 Å². The molecular weight excluding hydrogens is 530 g/mol. The molecule has 3 fully saturated rings. The summed E-state index contributed by atoms with van der Waals surface area (Å²) in [4.78, 5) is 16.0. The molecular formula is C27H34F2N4O5S. The lowest BCUT2D eigenvalue weighted by Gasteiger charge is -2.48. The van der Waals surface area contributed by atoms with Gasteiger partial charge in [0.05, 0.1) is 23.6 Å². The van der Waals surface area contributed by atoms with Gasteiger partial charge in [-0.1, -0.05) is 0 Å². The van der Waals surface area contributed by atoms with Crippen molar-refractivity contribution in [3.8, 4) is 0 Å². The smallest absolute Gasteiger partial charge is 0.408 e. The Morgan fingerprint density at radius 1 is 1.18 bits per heavy atom. The molecule has 3 heterocycles. The topological polar surface area (TPSA) is 105 Å². The molecule has 1 amide bonds. The van der Waals surface area contributed by atoms with Gasteiger partial charge in [0, 0.05) is 42.3 Å². The zero-order valence-electron chi connectivity index (χ0n) is 22.3. The quantitative estimate of drug-likeness (QED) is 0.590. The van der Waals surface area contributed by atoms with Crippen molar-refractivity contribution in [1.82, 2.24) is 19.0 Å². The Balaban J connectivity index is 1.25. The number of amides is 1. The van der Waals surface area contributed by atoms with Crippen LogP contribution in [0.2, 0.25) is 0 Å². The van der Waals surface area contributed by atoms with Gasteiger partial charge in [0.1, 0.15) is 17.7 Å². The summed E-state index contributed by atoms with van der Waals surface area (Å²) in [5.74, 6) is -0.819. The minimum absolute atomic E-state index is 0.0150. The molecule has 2 aromatic rings. The Bertz CT molecular complexity index is 1400. The zero-order valence-corrected chi connectivity index (χ0v) is 23.1. The first-order valence-corrected chi connectivity index (χ1v) is 15.0. The van der Waals surface area contributed by atoms with E-state index >= 15 is 0 Å². The summed E-state index contributed by atoms with van der Waals surface area (Å²) >= 11 is 0. The van der Waals surface area contributed by atoms with Crippen molar-refractivity contribution in [2.75, 3.05) is 19.7 Å². The van der Waals surface area contributed by atoms with Crippen LogP contribution in [-0.4, -0.2) is 81.2 Å². The van der Waals surface area contributed by atoms with Crippen molar-refractivity contribution < 1.29 is 31.8 Å². The van der Waals surface area contributed by atoms with Crippen molar-refractivity contribution in [3.63, 3.8) is 0 Å². The first-order chi connectivity index (χ1) is 18.3. The van der Waals surface area contributed by atoms with Crippen LogP contribution >= 0.6 is 0 Å². The third-order valence-electron chi connectivity index (χ3n) is 8.71. The standard InChI is InChI=1S/C27H34F2N4O5S/c1-27(2,3)33(26(34)35)24-10-17(14-38-25(24)19-9-16(28)4-7-22(19)29)31-11-15-8-23-21(20(15)12-31)13-32(30-23)39(36,37)18-5-6-18/h4,7,9,13,15,17-18,20,24-25H,5-6,8,10-12,14H2,1-3H3,(H,34,35)/t15?,17-,20?,24+,25-/m1/s1. The molecule has 2 unspecified atom stereocenters. The van der Waals surface area contributed by atoms with E-state index in [0.29, 0.717) is 32.2 Å². The van der Waals surface area contributed by atoms with Crippen LogP contribution in [0.5, 0.6) is 0 Å². The van der Waals surface area contributed by atoms with E-state index in [4.69, 9.17) is 4.74 Å². The molecule has 1 saturated carbocycles. The van der Waals surface area contributed by atoms with E-state index in [2.05, 4.69) is 10.00 Å². The van der Waals surface area contributed by atoms with Crippen LogP contribution in [0.15, 0.2) is 24.4 Å². The van der Waals surface area contributed by atoms with Crippen LogP contribution in [0.25, 0.3) is 0 Å². The molecule has 2 saturated heterocycles. The van der Waals surface area contributed by atoms with Crippen molar-refractivity contribution >= 4 is 16.1 Å². The van der Waals surface area contributed by atoms with Crippen LogP contribution in [-0.2, 0) is 21.2 Å². The molecule has 0 bridgehead atoms. The maximum atomic E-state index is 14.8. The van der Waals surface area contributed by atoms with E-state index in [1.165, 1.54) is 8.99 Å². The maximum absolute atomic E-state index is 14.8. The molecule has 0 radical (unpaired) electrons. The summed E-state index contributed by atoms with van der Waals surface area (Å²) in [6.07, 6.45) is 2.03. The normalized spacial score (nSPS) is 29.3. The van der Waals surface area contributed by atoms with Gasteiger partial charge in [-0.05, 0) is 76.1 Å². The number of halogens is 2. The monoisotopic (exact) mass is 564 g/mol. The fourth-order valence-corrected chi connectivity index (χ4v) is 8.28. The number of likely N-dealkylation sites (tertiary alicyclic amines) is 1. The molecule has 6 rings (SSSR count). The summed E-state index contributed by atoms with van der Waals surface area (Å²) < 4.78 is 61.7. The average molecular weight is 565 g/mol. The molecule has 2 aliphatic heterocycles. The number of benzene rings is 1. The van der Waals surface area contributed by atoms with E-state index in [1.54, 1.807) is 27.0 Å². The number of nitrogens with zero attached hydrogens (tertiary/aromatic N) is 4. The highest BCUT2D eigenvalue weighted by molar-refractivity contribution is 7.90. The first kappa shape index (κ1) is 26.6. The Kier molecular flexibility index (Phi) is 6.31. The van der Waals surface area contributed by atoms with Gasteiger partial charge in [-0.25, -0.2) is 22.0 Å². The van der Waals surface area contributed by atoms with Crippen LogP contribution in [0, 0.1) is 17.6 Å². The van der Waals surface area contributed by atoms with Gasteiger partial charge in [0.25, 0.3) is 10.0 Å². The molecule has 1 aromatic carbocycles. The highest BCUT2D eigenvalue weighted by Gasteiger charge is 2.49. The number of hydrogen-bond donors (Lipinski definition) is 1. The van der Waals surface area contributed by atoms with Gasteiger partial charge < -0.3 is 9.84 Å². The number of carbonyl (C=O) groups is 1. The molecule has 12 heteroatoms. The number of hydrogen-bond acceptors (Lipinski definition) is 6. The largest absolute Gasteiger partial charge is 0.465 e. The summed E-state index contributed by atoms with van der Waals surface area (Å²) in [5.41, 5.74) is 1.03. The van der Waals surface area contributed by atoms with Crippen LogP contribution in [0.1, 0.15) is 68.9 Å². The minimum atomic E-state index is -3.43. The Hall–Kier alpha value is -2.57. The number of fused-ring (bicyclic) bond motifs is 3. The zero-order chi connectivity index (χ0) is 27.9. The van der Waals surface area contributed by atoms with E-state index in [9.17, 15) is 27.1 Å². The van der Waals surface area contributed by atoms with Gasteiger partial charge >= 0.3 is 6.09 Å². The van der Waals surface area contributed by atoms with E-state index in [-0.39, 0.29) is 35.3 Å². The highest BCUT2D eigenvalue weighted by Crippen LogP contribution is 2.46. The number of aromatic nitrogens is 2. The molecule has 1 N–H and O–H groups in total. The fraction of sp³-hybridized carbons (Fsp3) is 0.630. The third kappa shape index (κ3) is 4.63. The predicted octanol–water partition coefficient (Wildman–Crippen LogP) is 3.75. The van der Waals surface area contributed by atoms with E-state index < -0.39 is 45.4 Å². The second kappa shape index (κ2) is 9.24. The van der Waals surface area contributed by atoms with Gasteiger partial charge in [-0.3, -0.25) is 9.80 Å². The van der Waals surface area contributed by atoms with E-state index in [0.717, 1.165) is 36.0 Å². The molecule has 212 valence electrons. The molecule has 1 aromatic heterocycles. The summed E-state index contributed by atoms with van der Waals surface area (Å²) in [7, 11) is -3.43. The van der Waals surface area contributed by atoms with Crippen LogP contribution in [0.4, 0.5) is 13.6 Å². The SMILES string of the molecule is CC(C)(C)N(C(=O)O)[C@H]1C[C@@H](N2CC3Cc4nn(S(=O)(=O)C5CC5)cc4C3C2)CO[C@@H]1c1cc(F)ccc1F. The maximum Gasteiger partial charge on any atom is 0.408 e. The van der Waals surface area contributed by atoms with Crippen molar-refractivity contribution in [1.29, 1.82) is 0 Å². The Labute approximate surface area is 226 Å². The number of carboxylic acid groups (broad SMARTS) is 1. The Morgan fingerprint density at radius 2 is 1.92 bits per heavy atom.